The molecule has 0 heterocycles. The van der Waals surface area contributed by atoms with Gasteiger partial charge in [-0.25, -0.2) is 0 Å². The molecule has 0 fully saturated rings. The van der Waals surface area contributed by atoms with E-state index in [4.69, 9.17) is 0 Å². The first-order chi connectivity index (χ1) is 21.8. The van der Waals surface area contributed by atoms with Crippen LogP contribution in [0.2, 0.25) is 0 Å². The van der Waals surface area contributed by atoms with Gasteiger partial charge in [0.25, 0.3) is 0 Å². The van der Waals surface area contributed by atoms with E-state index < -0.39 is 49.4 Å². The average Bonchev–Trinajstić information content (AvgIpc) is 2.97. The van der Waals surface area contributed by atoms with E-state index >= 15 is 0 Å². The molecule has 0 radical (unpaired) electrons. The Hall–Kier alpha value is -4.64. The highest BCUT2D eigenvalue weighted by atomic mass is 32.1. The predicted molar refractivity (Wildman–Crippen MR) is 170 cm³/mol. The van der Waals surface area contributed by atoms with Gasteiger partial charge in [-0.05, 0) is 43.2 Å². The fourth-order valence-corrected chi connectivity index (χ4v) is 4.51. The molecule has 0 aliphatic carbocycles. The molecule has 2 aromatic rings. The first-order valence-electron chi connectivity index (χ1n) is 14.3. The lowest BCUT2D eigenvalue weighted by atomic mass is 10.1. The number of carbonyl (C=O) groups is 6. The van der Waals surface area contributed by atoms with Gasteiger partial charge in [0.05, 0.1) is 38.4 Å². The minimum atomic E-state index is -1.20. The van der Waals surface area contributed by atoms with Crippen molar-refractivity contribution >= 4 is 59.3 Å². The van der Waals surface area contributed by atoms with E-state index in [0.29, 0.717) is 29.9 Å². The number of anilines is 1. The Balaban J connectivity index is 1.95. The summed E-state index contributed by atoms with van der Waals surface area (Å²) in [5.41, 5.74) is 2.36. The van der Waals surface area contributed by atoms with Crippen molar-refractivity contribution < 1.29 is 44.1 Å². The van der Waals surface area contributed by atoms with Gasteiger partial charge in [0.15, 0.2) is 5.78 Å². The van der Waals surface area contributed by atoms with Gasteiger partial charge in [-0.1, -0.05) is 24.3 Å². The van der Waals surface area contributed by atoms with Crippen LogP contribution in [0.4, 0.5) is 11.4 Å². The molecule has 15 nitrogen and oxygen atoms in total. The molecule has 0 saturated carbocycles. The van der Waals surface area contributed by atoms with Crippen LogP contribution in [0.25, 0.3) is 0 Å². The lowest BCUT2D eigenvalue weighted by Gasteiger charge is -2.28. The SMILES string of the molecule is CC(=O)c1cccc(NC(=O)CN(CCN(CCN(CC(=O)O)CC(=O)NCCc2ccc(N=S)cc2)CC(=O)O)CC(=O)O)c1. The minimum Gasteiger partial charge on any atom is -0.480 e. The standard InChI is InChI=1S/C30H38N6O9S/c1-21(37)23-3-2-4-25(15-23)32-27(39)17-36(20-30(44)45)14-12-34(18-28(40)41)11-13-35(19-29(42)43)16-26(38)31-10-9-22-5-7-24(33-46)8-6-22/h2-8,15H,9-14,16-20H2,1H3,(H,31,38)(H,32,39)(H,40,41)(H,42,43)(H,44,45). The van der Waals surface area contributed by atoms with Crippen LogP contribution in [0.3, 0.4) is 0 Å². The summed E-state index contributed by atoms with van der Waals surface area (Å²) in [6.45, 7) is -0.135. The van der Waals surface area contributed by atoms with Crippen LogP contribution in [0.5, 0.6) is 0 Å². The van der Waals surface area contributed by atoms with E-state index in [-0.39, 0.29) is 45.1 Å². The quantitative estimate of drug-likeness (QED) is 0.111. The molecule has 2 amide bonds. The predicted octanol–water partition coefficient (Wildman–Crippen LogP) is 0.708. The van der Waals surface area contributed by atoms with Crippen LogP contribution >= 0.6 is 0 Å². The van der Waals surface area contributed by atoms with E-state index in [0.717, 1.165) is 5.56 Å². The first kappa shape index (κ1) is 37.5. The number of hydrogen-bond acceptors (Lipinski definition) is 11. The van der Waals surface area contributed by atoms with E-state index in [1.54, 1.807) is 30.3 Å². The molecule has 0 aliphatic heterocycles. The number of nitrogens with one attached hydrogen (secondary N) is 2. The number of benzene rings is 2. The second kappa shape index (κ2) is 19.7. The molecule has 248 valence electrons. The van der Waals surface area contributed by atoms with Crippen molar-refractivity contribution in [2.45, 2.75) is 13.3 Å². The molecular weight excluding hydrogens is 620 g/mol. The summed E-state index contributed by atoms with van der Waals surface area (Å²) >= 11 is 4.64. The first-order valence-corrected chi connectivity index (χ1v) is 14.6. The van der Waals surface area contributed by atoms with Crippen LogP contribution in [0.1, 0.15) is 22.8 Å². The molecule has 0 unspecified atom stereocenters. The largest absolute Gasteiger partial charge is 0.480 e. The summed E-state index contributed by atoms with van der Waals surface area (Å²) in [6.07, 6.45) is 0.532. The van der Waals surface area contributed by atoms with Crippen LogP contribution in [0.15, 0.2) is 52.9 Å². The van der Waals surface area contributed by atoms with Crippen LogP contribution in [-0.4, -0.2) is 131 Å². The maximum absolute atomic E-state index is 12.7. The van der Waals surface area contributed by atoms with Crippen molar-refractivity contribution in [3.63, 3.8) is 0 Å². The maximum atomic E-state index is 12.7. The van der Waals surface area contributed by atoms with Gasteiger partial charge in [-0.15, -0.1) is 0 Å². The smallest absolute Gasteiger partial charge is 0.317 e. The number of hydrogen-bond donors (Lipinski definition) is 5. The third-order valence-corrected chi connectivity index (χ3v) is 6.82. The summed E-state index contributed by atoms with van der Waals surface area (Å²) in [6, 6.07) is 13.5. The molecule has 0 saturated heterocycles. The monoisotopic (exact) mass is 658 g/mol. The lowest BCUT2D eigenvalue weighted by Crippen LogP contribution is -2.47. The maximum Gasteiger partial charge on any atom is 0.317 e. The zero-order valence-corrected chi connectivity index (χ0v) is 26.2. The molecule has 16 heteroatoms. The summed E-state index contributed by atoms with van der Waals surface area (Å²) in [5, 5.41) is 33.5. The summed E-state index contributed by atoms with van der Waals surface area (Å²) in [5.74, 6) is -4.65. The van der Waals surface area contributed by atoms with Crippen molar-refractivity contribution in [3.8, 4) is 0 Å². The van der Waals surface area contributed by atoms with E-state index in [1.807, 2.05) is 12.1 Å². The summed E-state index contributed by atoms with van der Waals surface area (Å²) < 4.78 is 3.66. The van der Waals surface area contributed by atoms with Crippen molar-refractivity contribution in [3.05, 3.63) is 59.7 Å². The molecule has 0 aliphatic rings. The molecule has 0 spiro atoms. The molecule has 5 N–H and O–H groups in total. The van der Waals surface area contributed by atoms with Crippen molar-refractivity contribution in [1.29, 1.82) is 0 Å². The molecule has 2 aromatic carbocycles. The fraction of sp³-hybridized carbons (Fsp3) is 0.400. The van der Waals surface area contributed by atoms with Crippen molar-refractivity contribution in [2.24, 2.45) is 4.36 Å². The third-order valence-electron chi connectivity index (χ3n) is 6.61. The third kappa shape index (κ3) is 15.4. The van der Waals surface area contributed by atoms with Gasteiger partial charge in [0.1, 0.15) is 0 Å². The fourth-order valence-electron chi connectivity index (χ4n) is 4.39. The van der Waals surface area contributed by atoms with Gasteiger partial charge in [-0.2, -0.15) is 4.36 Å². The lowest BCUT2D eigenvalue weighted by molar-refractivity contribution is -0.141. The molecule has 0 bridgehead atoms. The van der Waals surface area contributed by atoms with Gasteiger partial charge < -0.3 is 26.0 Å². The number of carbonyl (C=O) groups excluding carboxylic acids is 3. The van der Waals surface area contributed by atoms with Gasteiger partial charge >= 0.3 is 17.9 Å². The molecule has 2 rings (SSSR count). The number of ketones is 1. The zero-order chi connectivity index (χ0) is 34.1. The van der Waals surface area contributed by atoms with E-state index in [2.05, 4.69) is 27.4 Å². The second-order valence-corrected chi connectivity index (χ2v) is 10.6. The Labute approximate surface area is 271 Å². The van der Waals surface area contributed by atoms with Gasteiger partial charge in [-0.3, -0.25) is 43.5 Å². The molecule has 46 heavy (non-hydrogen) atoms. The molecule has 0 aromatic heterocycles. The highest BCUT2D eigenvalue weighted by Gasteiger charge is 2.20. The number of aliphatic carboxylic acids is 3. The number of carboxylic acid groups (broad SMARTS) is 3. The molecule has 0 atom stereocenters. The van der Waals surface area contributed by atoms with Gasteiger partial charge in [0, 0.05) is 56.4 Å². The van der Waals surface area contributed by atoms with Crippen molar-refractivity contribution in [1.82, 2.24) is 20.0 Å². The number of carboxylic acids is 3. The number of nitrogens with zero attached hydrogens (tertiary/aromatic N) is 4. The highest BCUT2D eigenvalue weighted by molar-refractivity contribution is 7.47. The van der Waals surface area contributed by atoms with E-state index in [1.165, 1.54) is 27.7 Å². The van der Waals surface area contributed by atoms with Crippen LogP contribution < -0.4 is 10.6 Å². The normalized spacial score (nSPS) is 11.0. The van der Waals surface area contributed by atoms with Crippen molar-refractivity contribution in [2.75, 3.05) is 70.8 Å². The number of Topliss-reactive ketones (excluding diaryl/α,β-unsaturated/α-hetero) is 1. The number of rotatable bonds is 22. The Morgan fingerprint density at radius 2 is 1.24 bits per heavy atom. The highest BCUT2D eigenvalue weighted by Crippen LogP contribution is 2.13. The Morgan fingerprint density at radius 3 is 1.76 bits per heavy atom. The second-order valence-electron chi connectivity index (χ2n) is 10.4. The van der Waals surface area contributed by atoms with Crippen LogP contribution in [-0.2, 0) is 42.8 Å². The topological polar surface area (TPSA) is 209 Å². The Morgan fingerprint density at radius 1 is 0.717 bits per heavy atom. The minimum absolute atomic E-state index is 0.00141. The molecular formula is C30H38N6O9S. The van der Waals surface area contributed by atoms with E-state index in [9.17, 15) is 44.1 Å². The Kier molecular flexibility index (Phi) is 16.1. The Bertz CT molecular complexity index is 1390. The summed E-state index contributed by atoms with van der Waals surface area (Å²) in [4.78, 5) is 75.5. The summed E-state index contributed by atoms with van der Waals surface area (Å²) in [7, 11) is 0. The van der Waals surface area contributed by atoms with Gasteiger partial charge in [0.2, 0.25) is 11.8 Å². The van der Waals surface area contributed by atoms with Crippen LogP contribution in [0, 0.1) is 0 Å². The average molecular weight is 659 g/mol. The zero-order valence-electron chi connectivity index (χ0n) is 25.4. The number of amides is 2.